The van der Waals surface area contributed by atoms with Gasteiger partial charge in [0, 0.05) is 12.7 Å². The largest absolute Gasteiger partial charge is 0.479 e. The summed E-state index contributed by atoms with van der Waals surface area (Å²) in [5, 5.41) is 15.9. The fourth-order valence-corrected chi connectivity index (χ4v) is 1.24. The summed E-state index contributed by atoms with van der Waals surface area (Å²) < 4.78 is 39.5. The van der Waals surface area contributed by atoms with Gasteiger partial charge in [0.15, 0.2) is 0 Å². The SMILES string of the molecule is CCn1cc(NC(=O)NC(C)(C(=O)O)C(F)(F)F)cn1. The number of anilines is 1. The lowest BCUT2D eigenvalue weighted by atomic mass is 10.0. The van der Waals surface area contributed by atoms with Gasteiger partial charge in [-0.15, -0.1) is 0 Å². The second kappa shape index (κ2) is 5.39. The van der Waals surface area contributed by atoms with Crippen LogP contribution in [0.15, 0.2) is 12.4 Å². The van der Waals surface area contributed by atoms with Gasteiger partial charge in [0.2, 0.25) is 5.54 Å². The number of halogens is 3. The number of hydrogen-bond acceptors (Lipinski definition) is 3. The number of carboxylic acids is 1. The van der Waals surface area contributed by atoms with Gasteiger partial charge in [-0.3, -0.25) is 4.68 Å². The summed E-state index contributed by atoms with van der Waals surface area (Å²) in [5.41, 5.74) is -3.23. The van der Waals surface area contributed by atoms with E-state index in [-0.39, 0.29) is 5.69 Å². The molecule has 0 aliphatic carbocycles. The summed E-state index contributed by atoms with van der Waals surface area (Å²) in [5.74, 6) is -2.20. The van der Waals surface area contributed by atoms with Crippen molar-refractivity contribution in [2.45, 2.75) is 32.1 Å². The quantitative estimate of drug-likeness (QED) is 0.782. The first-order valence-electron chi connectivity index (χ1n) is 5.52. The van der Waals surface area contributed by atoms with Crippen LogP contribution in [-0.2, 0) is 11.3 Å². The number of aromatic nitrogens is 2. The zero-order chi connectivity index (χ0) is 15.6. The summed E-state index contributed by atoms with van der Waals surface area (Å²) in [6.07, 6.45) is -2.51. The molecule has 1 aromatic heterocycles. The summed E-state index contributed by atoms with van der Waals surface area (Å²) in [4.78, 5) is 22.2. The average Bonchev–Trinajstić information content (AvgIpc) is 2.74. The molecule has 112 valence electrons. The molecule has 0 radical (unpaired) electrons. The van der Waals surface area contributed by atoms with E-state index in [4.69, 9.17) is 5.11 Å². The number of rotatable bonds is 4. The number of nitrogens with zero attached hydrogens (tertiary/aromatic N) is 2. The summed E-state index contributed by atoms with van der Waals surface area (Å²) in [6.45, 7) is 2.66. The Balaban J connectivity index is 2.80. The molecule has 0 aliphatic rings. The Bertz CT molecular complexity index is 514. The van der Waals surface area contributed by atoms with Crippen molar-refractivity contribution in [1.82, 2.24) is 15.1 Å². The number of nitrogens with one attached hydrogen (secondary N) is 2. The Kier molecular flexibility index (Phi) is 4.26. The Labute approximate surface area is 111 Å². The number of aryl methyl sites for hydroxylation is 1. The molecule has 1 rings (SSSR count). The molecule has 1 atom stereocenters. The van der Waals surface area contributed by atoms with Crippen molar-refractivity contribution in [3.63, 3.8) is 0 Å². The highest BCUT2D eigenvalue weighted by Gasteiger charge is 2.58. The van der Waals surface area contributed by atoms with Crippen LogP contribution in [0.2, 0.25) is 0 Å². The van der Waals surface area contributed by atoms with Gasteiger partial charge in [-0.1, -0.05) is 0 Å². The van der Waals surface area contributed by atoms with Crippen molar-refractivity contribution in [1.29, 1.82) is 0 Å². The lowest BCUT2D eigenvalue weighted by Crippen LogP contribution is -2.62. The van der Waals surface area contributed by atoms with E-state index in [2.05, 4.69) is 10.4 Å². The van der Waals surface area contributed by atoms with Crippen molar-refractivity contribution in [2.24, 2.45) is 0 Å². The van der Waals surface area contributed by atoms with E-state index >= 15 is 0 Å². The summed E-state index contributed by atoms with van der Waals surface area (Å²) in [7, 11) is 0. The van der Waals surface area contributed by atoms with Crippen LogP contribution in [0.4, 0.5) is 23.7 Å². The van der Waals surface area contributed by atoms with Crippen molar-refractivity contribution >= 4 is 17.7 Å². The standard InChI is InChI=1S/C10H13F3N4O3/c1-3-17-5-6(4-14-17)15-8(20)16-9(2,7(18)19)10(11,12)13/h4-5H,3H2,1-2H3,(H,18,19)(H2,15,16,20). The zero-order valence-electron chi connectivity index (χ0n) is 10.7. The van der Waals surface area contributed by atoms with E-state index in [0.717, 1.165) is 0 Å². The third-order valence-electron chi connectivity index (χ3n) is 2.57. The third-order valence-corrected chi connectivity index (χ3v) is 2.57. The number of carboxylic acid groups (broad SMARTS) is 1. The molecule has 1 aromatic rings. The number of aliphatic carboxylic acids is 1. The molecule has 10 heteroatoms. The molecule has 0 spiro atoms. The van der Waals surface area contributed by atoms with Crippen LogP contribution in [0.3, 0.4) is 0 Å². The van der Waals surface area contributed by atoms with E-state index in [1.807, 2.05) is 0 Å². The molecule has 0 saturated carbocycles. The first kappa shape index (κ1) is 15.8. The van der Waals surface area contributed by atoms with E-state index in [0.29, 0.717) is 13.5 Å². The van der Waals surface area contributed by atoms with Gasteiger partial charge in [-0.25, -0.2) is 9.59 Å². The molecular formula is C10H13F3N4O3. The lowest BCUT2D eigenvalue weighted by molar-refractivity contribution is -0.203. The summed E-state index contributed by atoms with van der Waals surface area (Å²) >= 11 is 0. The summed E-state index contributed by atoms with van der Waals surface area (Å²) in [6, 6.07) is -1.29. The second-order valence-corrected chi connectivity index (χ2v) is 4.09. The molecule has 0 aliphatic heterocycles. The molecule has 3 N–H and O–H groups in total. The van der Waals surface area contributed by atoms with Crippen molar-refractivity contribution in [2.75, 3.05) is 5.32 Å². The fraction of sp³-hybridized carbons (Fsp3) is 0.500. The van der Waals surface area contributed by atoms with Crippen LogP contribution in [0, 0.1) is 0 Å². The first-order valence-corrected chi connectivity index (χ1v) is 5.52. The van der Waals surface area contributed by atoms with Crippen LogP contribution in [-0.4, -0.2) is 38.6 Å². The van der Waals surface area contributed by atoms with Gasteiger partial charge < -0.3 is 15.7 Å². The number of amides is 2. The van der Waals surface area contributed by atoms with Gasteiger partial charge in [0.05, 0.1) is 11.9 Å². The predicted octanol–water partition coefficient (Wildman–Crippen LogP) is 1.43. The molecule has 1 heterocycles. The number of carbonyl (C=O) groups excluding carboxylic acids is 1. The molecular weight excluding hydrogens is 281 g/mol. The first-order chi connectivity index (χ1) is 9.10. The molecule has 1 unspecified atom stereocenters. The minimum atomic E-state index is -5.14. The van der Waals surface area contributed by atoms with Crippen molar-refractivity contribution in [3.8, 4) is 0 Å². The Morgan fingerprint density at radius 1 is 1.45 bits per heavy atom. The highest BCUT2D eigenvalue weighted by molar-refractivity contribution is 5.94. The molecule has 0 saturated heterocycles. The Hall–Kier alpha value is -2.26. The fourth-order valence-electron chi connectivity index (χ4n) is 1.24. The molecule has 20 heavy (non-hydrogen) atoms. The number of hydrogen-bond donors (Lipinski definition) is 3. The molecule has 0 aromatic carbocycles. The smallest absolute Gasteiger partial charge is 0.422 e. The third kappa shape index (κ3) is 3.19. The number of urea groups is 1. The van der Waals surface area contributed by atoms with Gasteiger partial charge in [0.25, 0.3) is 0 Å². The molecule has 0 bridgehead atoms. The maximum Gasteiger partial charge on any atom is 0.422 e. The highest BCUT2D eigenvalue weighted by atomic mass is 19.4. The normalized spacial score (nSPS) is 14.4. The Morgan fingerprint density at radius 3 is 2.45 bits per heavy atom. The monoisotopic (exact) mass is 294 g/mol. The van der Waals surface area contributed by atoms with E-state index < -0.39 is 23.7 Å². The minimum absolute atomic E-state index is 0.152. The molecule has 0 fully saturated rings. The number of carbonyl (C=O) groups is 2. The van der Waals surface area contributed by atoms with Gasteiger partial charge in [0.1, 0.15) is 0 Å². The molecule has 2 amide bonds. The van der Waals surface area contributed by atoms with Crippen LogP contribution >= 0.6 is 0 Å². The highest BCUT2D eigenvalue weighted by Crippen LogP contribution is 2.30. The minimum Gasteiger partial charge on any atom is -0.479 e. The number of alkyl halides is 3. The van der Waals surface area contributed by atoms with Crippen LogP contribution in [0.5, 0.6) is 0 Å². The predicted molar refractivity (Wildman–Crippen MR) is 62.2 cm³/mol. The lowest BCUT2D eigenvalue weighted by Gasteiger charge is -2.28. The van der Waals surface area contributed by atoms with E-state index in [1.54, 1.807) is 6.92 Å². The van der Waals surface area contributed by atoms with Crippen molar-refractivity contribution in [3.05, 3.63) is 12.4 Å². The zero-order valence-corrected chi connectivity index (χ0v) is 10.7. The Morgan fingerprint density at radius 2 is 2.05 bits per heavy atom. The second-order valence-electron chi connectivity index (χ2n) is 4.09. The van der Waals surface area contributed by atoms with Crippen LogP contribution < -0.4 is 10.6 Å². The average molecular weight is 294 g/mol. The van der Waals surface area contributed by atoms with Gasteiger partial charge >= 0.3 is 18.2 Å². The van der Waals surface area contributed by atoms with E-state index in [9.17, 15) is 22.8 Å². The maximum absolute atomic E-state index is 12.7. The van der Waals surface area contributed by atoms with Crippen molar-refractivity contribution < 1.29 is 27.9 Å². The maximum atomic E-state index is 12.7. The van der Waals surface area contributed by atoms with Crippen LogP contribution in [0.1, 0.15) is 13.8 Å². The van der Waals surface area contributed by atoms with E-state index in [1.165, 1.54) is 22.4 Å². The molecule has 7 nitrogen and oxygen atoms in total. The van der Waals surface area contributed by atoms with Gasteiger partial charge in [-0.05, 0) is 13.8 Å². The van der Waals surface area contributed by atoms with Crippen LogP contribution in [0.25, 0.3) is 0 Å². The topological polar surface area (TPSA) is 96.2 Å². The van der Waals surface area contributed by atoms with Gasteiger partial charge in [-0.2, -0.15) is 18.3 Å².